The molecule has 1 nitrogen and oxygen atoms in total. The number of rotatable bonds is 3. The third-order valence-corrected chi connectivity index (χ3v) is 3.86. The number of alkyl halides is 1. The van der Waals surface area contributed by atoms with Crippen LogP contribution in [0.15, 0.2) is 0 Å². The van der Waals surface area contributed by atoms with Crippen molar-refractivity contribution in [1.29, 1.82) is 0 Å². The normalized spacial score (nSPS) is 31.0. The van der Waals surface area contributed by atoms with Crippen LogP contribution in [0.25, 0.3) is 0 Å². The third kappa shape index (κ3) is 2.74. The van der Waals surface area contributed by atoms with Crippen molar-refractivity contribution in [2.45, 2.75) is 49.9 Å². The van der Waals surface area contributed by atoms with Crippen LogP contribution >= 0.6 is 15.9 Å². The van der Waals surface area contributed by atoms with Crippen molar-refractivity contribution in [3.63, 3.8) is 0 Å². The van der Waals surface area contributed by atoms with Crippen LogP contribution < -0.4 is 0 Å². The Morgan fingerprint density at radius 1 is 1.33 bits per heavy atom. The minimum absolute atomic E-state index is 0.739. The van der Waals surface area contributed by atoms with Crippen molar-refractivity contribution >= 4 is 15.9 Å². The van der Waals surface area contributed by atoms with Crippen LogP contribution in [0.2, 0.25) is 0 Å². The monoisotopic (exact) mass is 233 g/mol. The molecular weight excluding hydrogens is 214 g/mol. The van der Waals surface area contributed by atoms with Gasteiger partial charge >= 0.3 is 0 Å². The van der Waals surface area contributed by atoms with Gasteiger partial charge in [-0.15, -0.1) is 0 Å². The number of nitrogens with zero attached hydrogens (tertiary/aromatic N) is 1. The van der Waals surface area contributed by atoms with E-state index in [1.54, 1.807) is 0 Å². The van der Waals surface area contributed by atoms with Crippen LogP contribution in [0.5, 0.6) is 0 Å². The Labute approximate surface area is 84.6 Å². The molecule has 0 saturated heterocycles. The zero-order chi connectivity index (χ0) is 8.97. The van der Waals surface area contributed by atoms with E-state index in [0.717, 1.165) is 10.9 Å². The number of halogens is 1. The topological polar surface area (TPSA) is 3.24 Å². The van der Waals surface area contributed by atoms with Crippen LogP contribution in [0, 0.1) is 0 Å². The van der Waals surface area contributed by atoms with Gasteiger partial charge in [0.05, 0.1) is 0 Å². The van der Waals surface area contributed by atoms with Gasteiger partial charge in [0.2, 0.25) is 0 Å². The molecule has 0 bridgehead atoms. The van der Waals surface area contributed by atoms with E-state index in [4.69, 9.17) is 0 Å². The van der Waals surface area contributed by atoms with Gasteiger partial charge in [-0.3, -0.25) is 0 Å². The highest BCUT2D eigenvalue weighted by Gasteiger charge is 2.25. The summed E-state index contributed by atoms with van der Waals surface area (Å²) in [5.74, 6) is 0. The maximum absolute atomic E-state index is 3.78. The molecule has 2 unspecified atom stereocenters. The molecule has 0 spiro atoms. The van der Waals surface area contributed by atoms with Crippen LogP contribution in [0.4, 0.5) is 0 Å². The van der Waals surface area contributed by atoms with Crippen LogP contribution in [0.1, 0.15) is 39.0 Å². The molecule has 0 heterocycles. The second-order valence-corrected chi connectivity index (χ2v) is 5.02. The summed E-state index contributed by atoms with van der Waals surface area (Å²) in [7, 11) is 2.26. The number of hydrogen-bond acceptors (Lipinski definition) is 1. The van der Waals surface area contributed by atoms with Crippen LogP contribution in [-0.2, 0) is 0 Å². The zero-order valence-corrected chi connectivity index (χ0v) is 9.81. The fourth-order valence-corrected chi connectivity index (χ4v) is 3.07. The van der Waals surface area contributed by atoms with Gasteiger partial charge in [0.15, 0.2) is 0 Å². The first-order valence-corrected chi connectivity index (χ1v) is 6.01. The molecule has 0 radical (unpaired) electrons. The van der Waals surface area contributed by atoms with Crippen LogP contribution in [-0.4, -0.2) is 29.4 Å². The van der Waals surface area contributed by atoms with Crippen molar-refractivity contribution in [2.75, 3.05) is 13.6 Å². The molecule has 1 aliphatic rings. The maximum atomic E-state index is 3.78. The molecule has 0 aromatic heterocycles. The molecule has 12 heavy (non-hydrogen) atoms. The lowest BCUT2D eigenvalue weighted by atomic mass is 9.94. The molecule has 0 aromatic rings. The lowest BCUT2D eigenvalue weighted by Crippen LogP contribution is -2.40. The van der Waals surface area contributed by atoms with E-state index in [-0.39, 0.29) is 0 Å². The Bertz CT molecular complexity index is 127. The van der Waals surface area contributed by atoms with Gasteiger partial charge < -0.3 is 4.90 Å². The summed E-state index contributed by atoms with van der Waals surface area (Å²) >= 11 is 3.78. The SMILES string of the molecule is CCCN(C)C1CCCCC1Br. The van der Waals surface area contributed by atoms with Crippen LogP contribution in [0.3, 0.4) is 0 Å². The predicted molar refractivity (Wildman–Crippen MR) is 57.9 cm³/mol. The highest BCUT2D eigenvalue weighted by molar-refractivity contribution is 9.09. The summed E-state index contributed by atoms with van der Waals surface area (Å²) in [6.45, 7) is 3.50. The molecular formula is C10H20BrN. The molecule has 0 aliphatic heterocycles. The standard InChI is InChI=1S/C10H20BrN/c1-3-8-12(2)10-7-5-4-6-9(10)11/h9-10H,3-8H2,1-2H3. The average Bonchev–Trinajstić information content (AvgIpc) is 2.05. The van der Waals surface area contributed by atoms with Crippen molar-refractivity contribution in [3.8, 4) is 0 Å². The minimum atomic E-state index is 0.739. The van der Waals surface area contributed by atoms with Gasteiger partial charge in [-0.1, -0.05) is 35.7 Å². The third-order valence-electron chi connectivity index (χ3n) is 2.79. The first-order chi connectivity index (χ1) is 5.75. The Morgan fingerprint density at radius 3 is 2.58 bits per heavy atom. The van der Waals surface area contributed by atoms with Gasteiger partial charge in [-0.2, -0.15) is 0 Å². The molecule has 0 N–H and O–H groups in total. The fraction of sp³-hybridized carbons (Fsp3) is 1.00. The summed E-state index contributed by atoms with van der Waals surface area (Å²) < 4.78 is 0. The van der Waals surface area contributed by atoms with Gasteiger partial charge in [-0.25, -0.2) is 0 Å². The van der Waals surface area contributed by atoms with E-state index in [1.807, 2.05) is 0 Å². The molecule has 0 aromatic carbocycles. The Morgan fingerprint density at radius 2 is 2.00 bits per heavy atom. The summed E-state index contributed by atoms with van der Waals surface area (Å²) in [6, 6.07) is 0.790. The van der Waals surface area contributed by atoms with E-state index in [9.17, 15) is 0 Å². The maximum Gasteiger partial charge on any atom is 0.0301 e. The molecule has 2 atom stereocenters. The lowest BCUT2D eigenvalue weighted by molar-refractivity contribution is 0.200. The average molecular weight is 234 g/mol. The van der Waals surface area contributed by atoms with E-state index in [2.05, 4.69) is 34.8 Å². The molecule has 72 valence electrons. The van der Waals surface area contributed by atoms with Crippen molar-refractivity contribution in [3.05, 3.63) is 0 Å². The first kappa shape index (κ1) is 10.5. The summed E-state index contributed by atoms with van der Waals surface area (Å²) in [6.07, 6.45) is 6.84. The summed E-state index contributed by atoms with van der Waals surface area (Å²) in [5, 5.41) is 0. The van der Waals surface area contributed by atoms with E-state index < -0.39 is 0 Å². The molecule has 0 amide bonds. The highest BCUT2D eigenvalue weighted by atomic mass is 79.9. The Hall–Kier alpha value is 0.440. The highest BCUT2D eigenvalue weighted by Crippen LogP contribution is 2.27. The Kier molecular flexibility index (Phi) is 4.59. The zero-order valence-electron chi connectivity index (χ0n) is 8.22. The van der Waals surface area contributed by atoms with Crippen molar-refractivity contribution in [2.24, 2.45) is 0 Å². The second-order valence-electron chi connectivity index (χ2n) is 3.85. The molecule has 1 aliphatic carbocycles. The Balaban J connectivity index is 2.36. The largest absolute Gasteiger partial charge is 0.302 e. The second kappa shape index (κ2) is 5.23. The van der Waals surface area contributed by atoms with E-state index >= 15 is 0 Å². The minimum Gasteiger partial charge on any atom is -0.302 e. The lowest BCUT2D eigenvalue weighted by Gasteiger charge is -2.35. The van der Waals surface area contributed by atoms with Gasteiger partial charge in [0.25, 0.3) is 0 Å². The predicted octanol–water partition coefficient (Wildman–Crippen LogP) is 3.03. The van der Waals surface area contributed by atoms with Gasteiger partial charge in [-0.05, 0) is 32.9 Å². The smallest absolute Gasteiger partial charge is 0.0301 e. The molecule has 2 heteroatoms. The molecule has 1 fully saturated rings. The fourth-order valence-electron chi connectivity index (χ4n) is 2.08. The molecule has 1 rings (SSSR count). The summed E-state index contributed by atoms with van der Waals surface area (Å²) in [5.41, 5.74) is 0. The van der Waals surface area contributed by atoms with Crippen molar-refractivity contribution < 1.29 is 0 Å². The van der Waals surface area contributed by atoms with Gasteiger partial charge in [0.1, 0.15) is 0 Å². The van der Waals surface area contributed by atoms with Gasteiger partial charge in [0, 0.05) is 10.9 Å². The summed E-state index contributed by atoms with van der Waals surface area (Å²) in [4.78, 5) is 3.25. The molecule has 1 saturated carbocycles. The van der Waals surface area contributed by atoms with E-state index in [0.29, 0.717) is 0 Å². The quantitative estimate of drug-likeness (QED) is 0.678. The van der Waals surface area contributed by atoms with Crippen molar-refractivity contribution in [1.82, 2.24) is 4.90 Å². The number of hydrogen-bond donors (Lipinski definition) is 0. The first-order valence-electron chi connectivity index (χ1n) is 5.10. The van der Waals surface area contributed by atoms with E-state index in [1.165, 1.54) is 38.6 Å².